The first-order valence-electron chi connectivity index (χ1n) is 5.74. The standard InChI is InChI=1S/C13H17NO2/c14-12-6-4-10(5-7-12)8-13(15)16-9-11-2-1-3-11/h4-7,11H,1-3,8-9,14H2. The molecule has 0 atom stereocenters. The number of ether oxygens (including phenoxy) is 1. The van der Waals surface area contributed by atoms with E-state index in [1.165, 1.54) is 19.3 Å². The minimum atomic E-state index is -0.142. The fraction of sp³-hybridized carbons (Fsp3) is 0.462. The first kappa shape index (κ1) is 11.0. The highest BCUT2D eigenvalue weighted by Crippen LogP contribution is 2.26. The molecule has 86 valence electrons. The second-order valence-corrected chi connectivity index (χ2v) is 4.40. The molecular formula is C13H17NO2. The third-order valence-corrected chi connectivity index (χ3v) is 3.03. The van der Waals surface area contributed by atoms with Crippen molar-refractivity contribution in [2.75, 3.05) is 12.3 Å². The lowest BCUT2D eigenvalue weighted by molar-refractivity contribution is -0.145. The maximum atomic E-state index is 11.5. The van der Waals surface area contributed by atoms with Crippen LogP contribution in [-0.4, -0.2) is 12.6 Å². The normalized spacial score (nSPS) is 15.5. The maximum absolute atomic E-state index is 11.5. The Bertz CT molecular complexity index is 355. The molecule has 1 fully saturated rings. The van der Waals surface area contributed by atoms with Crippen LogP contribution in [0.1, 0.15) is 24.8 Å². The second-order valence-electron chi connectivity index (χ2n) is 4.40. The zero-order chi connectivity index (χ0) is 11.4. The molecule has 0 spiro atoms. The van der Waals surface area contributed by atoms with Crippen LogP contribution in [0.15, 0.2) is 24.3 Å². The van der Waals surface area contributed by atoms with E-state index in [4.69, 9.17) is 10.5 Å². The monoisotopic (exact) mass is 219 g/mol. The lowest BCUT2D eigenvalue weighted by atomic mass is 9.86. The van der Waals surface area contributed by atoms with Crippen LogP contribution in [0.5, 0.6) is 0 Å². The molecule has 2 N–H and O–H groups in total. The Morgan fingerprint density at radius 2 is 2.00 bits per heavy atom. The van der Waals surface area contributed by atoms with Crippen LogP contribution in [0.2, 0.25) is 0 Å². The van der Waals surface area contributed by atoms with Crippen molar-refractivity contribution in [2.24, 2.45) is 5.92 Å². The molecule has 16 heavy (non-hydrogen) atoms. The van der Waals surface area contributed by atoms with Crippen molar-refractivity contribution in [1.29, 1.82) is 0 Å². The minimum absolute atomic E-state index is 0.142. The second kappa shape index (κ2) is 5.01. The molecule has 3 heteroatoms. The first-order valence-corrected chi connectivity index (χ1v) is 5.74. The van der Waals surface area contributed by atoms with Crippen molar-refractivity contribution in [3.8, 4) is 0 Å². The number of benzene rings is 1. The Balaban J connectivity index is 1.75. The van der Waals surface area contributed by atoms with Crippen LogP contribution >= 0.6 is 0 Å². The number of carbonyl (C=O) groups excluding carboxylic acids is 1. The lowest BCUT2D eigenvalue weighted by Gasteiger charge is -2.24. The Morgan fingerprint density at radius 3 is 2.56 bits per heavy atom. The van der Waals surface area contributed by atoms with E-state index in [-0.39, 0.29) is 5.97 Å². The molecule has 1 aliphatic carbocycles. The molecule has 1 aromatic rings. The Labute approximate surface area is 95.6 Å². The molecule has 1 aliphatic rings. The van der Waals surface area contributed by atoms with Crippen LogP contribution in [0.25, 0.3) is 0 Å². The van der Waals surface area contributed by atoms with Gasteiger partial charge in [0, 0.05) is 5.69 Å². The summed E-state index contributed by atoms with van der Waals surface area (Å²) in [7, 11) is 0. The van der Waals surface area contributed by atoms with Crippen LogP contribution in [0, 0.1) is 5.92 Å². The Kier molecular flexibility index (Phi) is 3.44. The van der Waals surface area contributed by atoms with Gasteiger partial charge < -0.3 is 10.5 Å². The molecule has 0 aromatic heterocycles. The molecule has 3 nitrogen and oxygen atoms in total. The molecule has 0 bridgehead atoms. The third kappa shape index (κ3) is 2.99. The van der Waals surface area contributed by atoms with E-state index in [9.17, 15) is 4.79 Å². The van der Waals surface area contributed by atoms with Gasteiger partial charge in [-0.15, -0.1) is 0 Å². The van der Waals surface area contributed by atoms with E-state index in [1.54, 1.807) is 12.1 Å². The van der Waals surface area contributed by atoms with Crippen molar-refractivity contribution in [2.45, 2.75) is 25.7 Å². The van der Waals surface area contributed by atoms with E-state index in [1.807, 2.05) is 12.1 Å². The summed E-state index contributed by atoms with van der Waals surface area (Å²) in [6.07, 6.45) is 4.03. The highest BCUT2D eigenvalue weighted by atomic mass is 16.5. The van der Waals surface area contributed by atoms with E-state index < -0.39 is 0 Å². The number of esters is 1. The van der Waals surface area contributed by atoms with Crippen LogP contribution in [0.4, 0.5) is 5.69 Å². The van der Waals surface area contributed by atoms with Crippen molar-refractivity contribution in [1.82, 2.24) is 0 Å². The molecule has 1 aromatic carbocycles. The van der Waals surface area contributed by atoms with Crippen LogP contribution in [0.3, 0.4) is 0 Å². The van der Waals surface area contributed by atoms with Crippen molar-refractivity contribution >= 4 is 11.7 Å². The van der Waals surface area contributed by atoms with E-state index in [0.717, 1.165) is 5.56 Å². The molecule has 0 unspecified atom stereocenters. The molecule has 2 rings (SSSR count). The van der Waals surface area contributed by atoms with Gasteiger partial charge in [-0.25, -0.2) is 0 Å². The van der Waals surface area contributed by atoms with E-state index >= 15 is 0 Å². The SMILES string of the molecule is Nc1ccc(CC(=O)OCC2CCC2)cc1. The third-order valence-electron chi connectivity index (χ3n) is 3.03. The van der Waals surface area contributed by atoms with Gasteiger partial charge in [0.2, 0.25) is 0 Å². The molecule has 1 saturated carbocycles. The zero-order valence-corrected chi connectivity index (χ0v) is 9.32. The summed E-state index contributed by atoms with van der Waals surface area (Å²) in [5.74, 6) is 0.465. The van der Waals surface area contributed by atoms with Gasteiger partial charge >= 0.3 is 5.97 Å². The number of hydrogen-bond donors (Lipinski definition) is 1. The highest BCUT2D eigenvalue weighted by Gasteiger charge is 2.19. The summed E-state index contributed by atoms with van der Waals surface area (Å²) in [5.41, 5.74) is 7.23. The quantitative estimate of drug-likeness (QED) is 0.623. The van der Waals surface area contributed by atoms with Gasteiger partial charge in [0.25, 0.3) is 0 Å². The van der Waals surface area contributed by atoms with E-state index in [0.29, 0.717) is 24.6 Å². The average Bonchev–Trinajstić information content (AvgIpc) is 2.19. The fourth-order valence-electron chi connectivity index (χ4n) is 1.72. The predicted octanol–water partition coefficient (Wildman–Crippen LogP) is 2.15. The van der Waals surface area contributed by atoms with E-state index in [2.05, 4.69) is 0 Å². The van der Waals surface area contributed by atoms with Crippen molar-refractivity contribution in [3.63, 3.8) is 0 Å². The fourth-order valence-corrected chi connectivity index (χ4v) is 1.72. The van der Waals surface area contributed by atoms with Gasteiger partial charge in [0.1, 0.15) is 0 Å². The van der Waals surface area contributed by atoms with Gasteiger partial charge in [-0.05, 0) is 36.5 Å². The Morgan fingerprint density at radius 1 is 1.31 bits per heavy atom. The zero-order valence-electron chi connectivity index (χ0n) is 9.32. The average molecular weight is 219 g/mol. The minimum Gasteiger partial charge on any atom is -0.465 e. The van der Waals surface area contributed by atoms with Gasteiger partial charge in [-0.2, -0.15) is 0 Å². The lowest BCUT2D eigenvalue weighted by Crippen LogP contribution is -2.20. The number of rotatable bonds is 4. The summed E-state index contributed by atoms with van der Waals surface area (Å²) >= 11 is 0. The topological polar surface area (TPSA) is 52.3 Å². The number of anilines is 1. The summed E-state index contributed by atoms with van der Waals surface area (Å²) in [4.78, 5) is 11.5. The van der Waals surface area contributed by atoms with Crippen molar-refractivity contribution in [3.05, 3.63) is 29.8 Å². The maximum Gasteiger partial charge on any atom is 0.310 e. The van der Waals surface area contributed by atoms with Gasteiger partial charge in [-0.1, -0.05) is 18.6 Å². The van der Waals surface area contributed by atoms with Crippen LogP contribution < -0.4 is 5.73 Å². The summed E-state index contributed by atoms with van der Waals surface area (Å²) in [6, 6.07) is 7.32. The molecule has 0 heterocycles. The van der Waals surface area contributed by atoms with Gasteiger partial charge in [0.05, 0.1) is 13.0 Å². The summed E-state index contributed by atoms with van der Waals surface area (Å²) in [5, 5.41) is 0. The molecule has 0 amide bonds. The number of nitrogens with two attached hydrogens (primary N) is 1. The molecule has 0 aliphatic heterocycles. The summed E-state index contributed by atoms with van der Waals surface area (Å²) in [6.45, 7) is 0.591. The first-order chi connectivity index (χ1) is 7.74. The summed E-state index contributed by atoms with van der Waals surface area (Å²) < 4.78 is 5.21. The number of hydrogen-bond acceptors (Lipinski definition) is 3. The number of nitrogen functional groups attached to an aromatic ring is 1. The smallest absolute Gasteiger partial charge is 0.310 e. The van der Waals surface area contributed by atoms with Gasteiger partial charge in [0.15, 0.2) is 0 Å². The largest absolute Gasteiger partial charge is 0.465 e. The number of carbonyl (C=O) groups is 1. The molecular weight excluding hydrogens is 202 g/mol. The predicted molar refractivity (Wildman–Crippen MR) is 62.9 cm³/mol. The van der Waals surface area contributed by atoms with Crippen molar-refractivity contribution < 1.29 is 9.53 Å². The van der Waals surface area contributed by atoms with Gasteiger partial charge in [-0.3, -0.25) is 4.79 Å². The highest BCUT2D eigenvalue weighted by molar-refractivity contribution is 5.72. The molecule has 0 saturated heterocycles. The van der Waals surface area contributed by atoms with Crippen LogP contribution in [-0.2, 0) is 16.0 Å². The molecule has 0 radical (unpaired) electrons. The Hall–Kier alpha value is -1.51.